The van der Waals surface area contributed by atoms with Crippen LogP contribution in [0.5, 0.6) is 0 Å². The van der Waals surface area contributed by atoms with Crippen LogP contribution in [0.3, 0.4) is 0 Å². The van der Waals surface area contributed by atoms with Gasteiger partial charge in [0.25, 0.3) is 5.91 Å². The van der Waals surface area contributed by atoms with Crippen molar-refractivity contribution in [2.75, 3.05) is 6.54 Å². The SMILES string of the molecule is O=C(NCC(O)c1cccc2ccccc12)c1cc(Cl)ccc1Cl. The van der Waals surface area contributed by atoms with Crippen molar-refractivity contribution < 1.29 is 9.90 Å². The molecule has 122 valence electrons. The van der Waals surface area contributed by atoms with Crippen LogP contribution in [0.15, 0.2) is 60.7 Å². The molecule has 2 N–H and O–H groups in total. The molecule has 1 amide bonds. The van der Waals surface area contributed by atoms with Crippen molar-refractivity contribution in [3.8, 4) is 0 Å². The predicted octanol–water partition coefficient (Wildman–Crippen LogP) is 4.61. The first-order chi connectivity index (χ1) is 11.6. The molecule has 0 bridgehead atoms. The van der Waals surface area contributed by atoms with Crippen molar-refractivity contribution in [3.63, 3.8) is 0 Å². The molecule has 0 aliphatic rings. The van der Waals surface area contributed by atoms with Crippen LogP contribution in [0.1, 0.15) is 22.0 Å². The van der Waals surface area contributed by atoms with E-state index >= 15 is 0 Å². The third-order valence-corrected chi connectivity index (χ3v) is 4.38. The molecule has 3 aromatic carbocycles. The van der Waals surface area contributed by atoms with Gasteiger partial charge in [-0.15, -0.1) is 0 Å². The molecule has 0 saturated carbocycles. The summed E-state index contributed by atoms with van der Waals surface area (Å²) in [5.41, 5.74) is 1.06. The van der Waals surface area contributed by atoms with Gasteiger partial charge in [-0.2, -0.15) is 0 Å². The smallest absolute Gasteiger partial charge is 0.252 e. The van der Waals surface area contributed by atoms with E-state index in [2.05, 4.69) is 5.32 Å². The van der Waals surface area contributed by atoms with Crippen LogP contribution in [0.25, 0.3) is 10.8 Å². The second-order valence-electron chi connectivity index (χ2n) is 5.42. The molecule has 0 fully saturated rings. The van der Waals surface area contributed by atoms with Crippen molar-refractivity contribution >= 4 is 39.9 Å². The van der Waals surface area contributed by atoms with Gasteiger partial charge in [-0.25, -0.2) is 0 Å². The summed E-state index contributed by atoms with van der Waals surface area (Å²) < 4.78 is 0. The molecule has 1 atom stereocenters. The van der Waals surface area contributed by atoms with Gasteiger partial charge in [-0.3, -0.25) is 4.79 Å². The second-order valence-corrected chi connectivity index (χ2v) is 6.26. The topological polar surface area (TPSA) is 49.3 Å². The fraction of sp³-hybridized carbons (Fsp3) is 0.105. The summed E-state index contributed by atoms with van der Waals surface area (Å²) in [6.07, 6.45) is -0.821. The molecule has 0 aliphatic carbocycles. The average molecular weight is 360 g/mol. The first-order valence-electron chi connectivity index (χ1n) is 7.45. The maximum absolute atomic E-state index is 12.3. The van der Waals surface area contributed by atoms with E-state index in [-0.39, 0.29) is 18.0 Å². The van der Waals surface area contributed by atoms with Gasteiger partial charge in [0.1, 0.15) is 0 Å². The van der Waals surface area contributed by atoms with Crippen LogP contribution >= 0.6 is 23.2 Å². The molecule has 1 unspecified atom stereocenters. The van der Waals surface area contributed by atoms with Gasteiger partial charge >= 0.3 is 0 Å². The third kappa shape index (κ3) is 3.54. The van der Waals surface area contributed by atoms with Gasteiger partial charge in [0.15, 0.2) is 0 Å². The summed E-state index contributed by atoms with van der Waals surface area (Å²) in [7, 11) is 0. The molecule has 0 radical (unpaired) electrons. The molecule has 0 saturated heterocycles. The van der Waals surface area contributed by atoms with E-state index in [9.17, 15) is 9.90 Å². The zero-order valence-electron chi connectivity index (χ0n) is 12.7. The lowest BCUT2D eigenvalue weighted by Gasteiger charge is -2.15. The Kier molecular flexibility index (Phi) is 5.05. The number of carbonyl (C=O) groups excluding carboxylic acids is 1. The monoisotopic (exact) mass is 359 g/mol. The summed E-state index contributed by atoms with van der Waals surface area (Å²) >= 11 is 11.9. The molecule has 24 heavy (non-hydrogen) atoms. The van der Waals surface area contributed by atoms with E-state index in [1.807, 2.05) is 42.5 Å². The zero-order chi connectivity index (χ0) is 17.1. The Balaban J connectivity index is 1.76. The number of hydrogen-bond donors (Lipinski definition) is 2. The Morgan fingerprint density at radius 2 is 1.79 bits per heavy atom. The number of rotatable bonds is 4. The van der Waals surface area contributed by atoms with Crippen LogP contribution in [0.2, 0.25) is 10.0 Å². The quantitative estimate of drug-likeness (QED) is 0.714. The fourth-order valence-electron chi connectivity index (χ4n) is 2.61. The summed E-state index contributed by atoms with van der Waals surface area (Å²) in [5, 5.41) is 15.9. The predicted molar refractivity (Wildman–Crippen MR) is 97.7 cm³/mol. The Morgan fingerprint density at radius 1 is 1.04 bits per heavy atom. The maximum Gasteiger partial charge on any atom is 0.252 e. The minimum Gasteiger partial charge on any atom is -0.387 e. The zero-order valence-corrected chi connectivity index (χ0v) is 14.2. The van der Waals surface area contributed by atoms with Crippen LogP contribution in [0, 0.1) is 0 Å². The first-order valence-corrected chi connectivity index (χ1v) is 8.21. The first kappa shape index (κ1) is 16.8. The second kappa shape index (κ2) is 7.22. The van der Waals surface area contributed by atoms with Gasteiger partial charge in [0.2, 0.25) is 0 Å². The number of amides is 1. The van der Waals surface area contributed by atoms with Crippen molar-refractivity contribution in [1.82, 2.24) is 5.32 Å². The molecular weight excluding hydrogens is 345 g/mol. The van der Waals surface area contributed by atoms with Crippen LogP contribution < -0.4 is 5.32 Å². The van der Waals surface area contributed by atoms with Gasteiger partial charge in [0, 0.05) is 11.6 Å². The lowest BCUT2D eigenvalue weighted by molar-refractivity contribution is 0.0917. The van der Waals surface area contributed by atoms with Crippen molar-refractivity contribution in [2.24, 2.45) is 0 Å². The molecule has 0 aliphatic heterocycles. The number of benzene rings is 3. The van der Waals surface area contributed by atoms with Gasteiger partial charge < -0.3 is 10.4 Å². The molecule has 0 spiro atoms. The summed E-state index contributed by atoms with van der Waals surface area (Å²) in [5.74, 6) is -0.373. The molecule has 3 nitrogen and oxygen atoms in total. The number of carbonyl (C=O) groups is 1. The van der Waals surface area contributed by atoms with E-state index in [1.165, 1.54) is 6.07 Å². The van der Waals surface area contributed by atoms with Crippen LogP contribution in [-0.4, -0.2) is 17.6 Å². The number of aliphatic hydroxyl groups is 1. The van der Waals surface area contributed by atoms with E-state index in [4.69, 9.17) is 23.2 Å². The van der Waals surface area contributed by atoms with Crippen molar-refractivity contribution in [1.29, 1.82) is 0 Å². The Hall–Kier alpha value is -2.07. The molecular formula is C19H15Cl2NO2. The van der Waals surface area contributed by atoms with Gasteiger partial charge in [-0.05, 0) is 34.5 Å². The number of fused-ring (bicyclic) bond motifs is 1. The molecule has 0 aromatic heterocycles. The highest BCUT2D eigenvalue weighted by Gasteiger charge is 2.15. The van der Waals surface area contributed by atoms with E-state index < -0.39 is 6.10 Å². The molecule has 0 heterocycles. The Labute approximate surface area is 149 Å². The van der Waals surface area contributed by atoms with Gasteiger partial charge in [-0.1, -0.05) is 65.7 Å². The number of hydrogen-bond acceptors (Lipinski definition) is 2. The molecule has 5 heteroatoms. The van der Waals surface area contributed by atoms with E-state index in [0.29, 0.717) is 10.0 Å². The molecule has 3 rings (SSSR count). The van der Waals surface area contributed by atoms with E-state index in [0.717, 1.165) is 16.3 Å². The number of nitrogens with one attached hydrogen (secondary N) is 1. The lowest BCUT2D eigenvalue weighted by Crippen LogP contribution is -2.28. The highest BCUT2D eigenvalue weighted by atomic mass is 35.5. The number of aliphatic hydroxyl groups excluding tert-OH is 1. The fourth-order valence-corrected chi connectivity index (χ4v) is 2.98. The Bertz CT molecular complexity index is 890. The van der Waals surface area contributed by atoms with Crippen LogP contribution in [0.4, 0.5) is 0 Å². The normalized spacial score (nSPS) is 12.1. The summed E-state index contributed by atoms with van der Waals surface area (Å²) in [6.45, 7) is 0.0791. The summed E-state index contributed by atoms with van der Waals surface area (Å²) in [4.78, 5) is 12.3. The summed E-state index contributed by atoms with van der Waals surface area (Å²) in [6, 6.07) is 18.2. The Morgan fingerprint density at radius 3 is 2.62 bits per heavy atom. The minimum absolute atomic E-state index is 0.0791. The average Bonchev–Trinajstić information content (AvgIpc) is 2.61. The van der Waals surface area contributed by atoms with Crippen molar-refractivity contribution in [3.05, 3.63) is 81.8 Å². The minimum atomic E-state index is -0.821. The molecule has 3 aromatic rings. The highest BCUT2D eigenvalue weighted by molar-refractivity contribution is 6.35. The lowest BCUT2D eigenvalue weighted by atomic mass is 10.0. The maximum atomic E-state index is 12.3. The standard InChI is InChI=1S/C19H15Cl2NO2/c20-13-8-9-17(21)16(10-13)19(24)22-11-18(23)15-7-3-5-12-4-1-2-6-14(12)15/h1-10,18,23H,11H2,(H,22,24). The van der Waals surface area contributed by atoms with E-state index in [1.54, 1.807) is 12.1 Å². The van der Waals surface area contributed by atoms with Crippen molar-refractivity contribution in [2.45, 2.75) is 6.10 Å². The third-order valence-electron chi connectivity index (χ3n) is 3.81. The number of halogens is 2. The van der Waals surface area contributed by atoms with Crippen LogP contribution in [-0.2, 0) is 0 Å². The van der Waals surface area contributed by atoms with Gasteiger partial charge in [0.05, 0.1) is 16.7 Å². The largest absolute Gasteiger partial charge is 0.387 e. The highest BCUT2D eigenvalue weighted by Crippen LogP contribution is 2.24.